The molecule has 122 valence electrons. The molecule has 0 saturated heterocycles. The molecule has 0 radical (unpaired) electrons. The highest BCUT2D eigenvalue weighted by Crippen LogP contribution is 2.19. The number of hydrogen-bond acceptors (Lipinski definition) is 4. The van der Waals surface area contributed by atoms with Crippen LogP contribution in [0, 0.1) is 13.8 Å². The zero-order chi connectivity index (χ0) is 16.8. The molecule has 6 heteroatoms. The first-order valence-corrected chi connectivity index (χ1v) is 8.47. The summed E-state index contributed by atoms with van der Waals surface area (Å²) in [5.74, 6) is 1.13. The van der Waals surface area contributed by atoms with E-state index in [2.05, 4.69) is 41.2 Å². The van der Waals surface area contributed by atoms with Crippen molar-refractivity contribution >= 4 is 17.7 Å². The average Bonchev–Trinajstić information content (AvgIpc) is 2.52. The number of aromatic amines is 1. The van der Waals surface area contributed by atoms with Gasteiger partial charge in [0.05, 0.1) is 0 Å². The number of thioether (sulfide) groups is 1. The van der Waals surface area contributed by atoms with Crippen LogP contribution in [0.25, 0.3) is 0 Å². The first-order chi connectivity index (χ1) is 11.0. The van der Waals surface area contributed by atoms with E-state index in [0.29, 0.717) is 12.4 Å². The Bertz CT molecular complexity index is 725. The Morgan fingerprint density at radius 3 is 2.61 bits per heavy atom. The molecule has 0 atom stereocenters. The summed E-state index contributed by atoms with van der Waals surface area (Å²) in [6.45, 7) is 4.35. The Morgan fingerprint density at radius 1 is 1.26 bits per heavy atom. The van der Waals surface area contributed by atoms with Crippen molar-refractivity contribution in [3.05, 3.63) is 57.8 Å². The van der Waals surface area contributed by atoms with Gasteiger partial charge in [-0.3, -0.25) is 9.59 Å². The summed E-state index contributed by atoms with van der Waals surface area (Å²) in [5.41, 5.74) is 0.948. The molecule has 1 heterocycles. The number of H-pyrrole nitrogens is 1. The van der Waals surface area contributed by atoms with Crippen molar-refractivity contribution in [3.63, 3.8) is 0 Å². The van der Waals surface area contributed by atoms with Crippen LogP contribution in [0.5, 0.6) is 0 Å². The van der Waals surface area contributed by atoms with Crippen molar-refractivity contribution in [2.24, 2.45) is 0 Å². The van der Waals surface area contributed by atoms with E-state index >= 15 is 0 Å². The van der Waals surface area contributed by atoms with Crippen LogP contribution in [0.3, 0.4) is 0 Å². The summed E-state index contributed by atoms with van der Waals surface area (Å²) in [4.78, 5) is 33.3. The second-order valence-corrected chi connectivity index (χ2v) is 6.62. The summed E-state index contributed by atoms with van der Waals surface area (Å²) >= 11 is 1.77. The van der Waals surface area contributed by atoms with Gasteiger partial charge in [-0.05, 0) is 38.2 Å². The van der Waals surface area contributed by atoms with Crippen LogP contribution in [0.15, 0.2) is 40.2 Å². The van der Waals surface area contributed by atoms with Gasteiger partial charge in [-0.15, -0.1) is 11.8 Å². The van der Waals surface area contributed by atoms with Crippen LogP contribution in [-0.4, -0.2) is 40.1 Å². The molecule has 2 aromatic rings. The highest BCUT2D eigenvalue weighted by Gasteiger charge is 2.15. The number of carbonyl (C=O) groups excluding carboxylic acids is 1. The zero-order valence-electron chi connectivity index (χ0n) is 13.6. The van der Waals surface area contributed by atoms with Crippen molar-refractivity contribution in [3.8, 4) is 0 Å². The molecule has 0 aliphatic heterocycles. The summed E-state index contributed by atoms with van der Waals surface area (Å²) in [6, 6.07) is 8.39. The smallest absolute Gasteiger partial charge is 0.263 e. The monoisotopic (exact) mass is 331 g/mol. The highest BCUT2D eigenvalue weighted by atomic mass is 32.2. The first-order valence-electron chi connectivity index (χ1n) is 7.48. The number of nitrogens with zero attached hydrogens (tertiary/aromatic N) is 2. The van der Waals surface area contributed by atoms with E-state index in [-0.39, 0.29) is 17.0 Å². The maximum Gasteiger partial charge on any atom is 0.263 e. The molecule has 1 aromatic heterocycles. The van der Waals surface area contributed by atoms with Gasteiger partial charge in [0.1, 0.15) is 11.4 Å². The zero-order valence-corrected chi connectivity index (χ0v) is 14.4. The van der Waals surface area contributed by atoms with Crippen LogP contribution < -0.4 is 5.56 Å². The minimum atomic E-state index is -0.386. The summed E-state index contributed by atoms with van der Waals surface area (Å²) in [6.07, 6.45) is 2.20. The molecular formula is C17H21N3O2S. The number of rotatable bonds is 6. The molecule has 0 bridgehead atoms. The molecule has 23 heavy (non-hydrogen) atoms. The summed E-state index contributed by atoms with van der Waals surface area (Å²) in [7, 11) is 1.71. The van der Waals surface area contributed by atoms with Crippen LogP contribution in [0.1, 0.15) is 28.2 Å². The van der Waals surface area contributed by atoms with E-state index in [1.54, 1.807) is 30.6 Å². The molecule has 1 aromatic carbocycles. The summed E-state index contributed by atoms with van der Waals surface area (Å²) in [5, 5.41) is 0. The molecule has 5 nitrogen and oxygen atoms in total. The Morgan fingerprint density at radius 2 is 1.96 bits per heavy atom. The predicted molar refractivity (Wildman–Crippen MR) is 93.1 cm³/mol. The fraction of sp³-hybridized carbons (Fsp3) is 0.353. The Labute approximate surface area is 140 Å². The lowest BCUT2D eigenvalue weighted by Gasteiger charge is -2.16. The molecule has 0 fully saturated rings. The predicted octanol–water partition coefficient (Wildman–Crippen LogP) is 2.64. The number of hydrogen-bond donors (Lipinski definition) is 1. The minimum Gasteiger partial charge on any atom is -0.341 e. The van der Waals surface area contributed by atoms with Gasteiger partial charge < -0.3 is 9.88 Å². The standard InChI is InChI=1S/C17H21N3O2S/c1-12-5-7-14(8-6-12)23-10-4-9-20(3)17(22)15-11-18-13(2)19-16(15)21/h5-8,11H,4,9-10H2,1-3H3,(H,18,19,21). The Hall–Kier alpha value is -2.08. The van der Waals surface area contributed by atoms with E-state index in [1.165, 1.54) is 16.7 Å². The lowest BCUT2D eigenvalue weighted by atomic mass is 10.2. The average molecular weight is 331 g/mol. The lowest BCUT2D eigenvalue weighted by Crippen LogP contribution is -2.33. The topological polar surface area (TPSA) is 66.1 Å². The highest BCUT2D eigenvalue weighted by molar-refractivity contribution is 7.99. The maximum atomic E-state index is 12.2. The van der Waals surface area contributed by atoms with Crippen molar-refractivity contribution in [1.29, 1.82) is 0 Å². The van der Waals surface area contributed by atoms with Gasteiger partial charge in [0.25, 0.3) is 11.5 Å². The normalized spacial score (nSPS) is 10.6. The Balaban J connectivity index is 1.82. The molecule has 1 amide bonds. The Kier molecular flexibility index (Phi) is 5.98. The third-order valence-corrected chi connectivity index (χ3v) is 4.53. The van der Waals surface area contributed by atoms with Crippen molar-refractivity contribution < 1.29 is 4.79 Å². The second-order valence-electron chi connectivity index (χ2n) is 5.45. The molecule has 2 rings (SSSR count). The first kappa shape index (κ1) is 17.3. The fourth-order valence-corrected chi connectivity index (χ4v) is 2.91. The minimum absolute atomic E-state index is 0.0873. The second kappa shape index (κ2) is 7.97. The van der Waals surface area contributed by atoms with Crippen LogP contribution in [-0.2, 0) is 0 Å². The van der Waals surface area contributed by atoms with Crippen molar-refractivity contribution in [2.75, 3.05) is 19.3 Å². The van der Waals surface area contributed by atoms with Gasteiger partial charge >= 0.3 is 0 Å². The van der Waals surface area contributed by atoms with Gasteiger partial charge in [-0.2, -0.15) is 0 Å². The molecular weight excluding hydrogens is 310 g/mol. The molecule has 1 N–H and O–H groups in total. The van der Waals surface area contributed by atoms with Gasteiger partial charge in [-0.1, -0.05) is 17.7 Å². The molecule has 0 saturated carbocycles. The van der Waals surface area contributed by atoms with Crippen LogP contribution >= 0.6 is 11.8 Å². The molecule has 0 aliphatic rings. The fourth-order valence-electron chi connectivity index (χ4n) is 2.07. The van der Waals surface area contributed by atoms with E-state index in [0.717, 1.165) is 12.2 Å². The molecule has 0 aliphatic carbocycles. The number of carbonyl (C=O) groups is 1. The van der Waals surface area contributed by atoms with Gasteiger partial charge in [0.2, 0.25) is 0 Å². The molecule has 0 spiro atoms. The van der Waals surface area contributed by atoms with Gasteiger partial charge in [0.15, 0.2) is 0 Å². The number of aromatic nitrogens is 2. The van der Waals surface area contributed by atoms with Crippen LogP contribution in [0.2, 0.25) is 0 Å². The maximum absolute atomic E-state index is 12.2. The number of benzene rings is 1. The van der Waals surface area contributed by atoms with Crippen molar-refractivity contribution in [2.45, 2.75) is 25.2 Å². The lowest BCUT2D eigenvalue weighted by molar-refractivity contribution is 0.0793. The van der Waals surface area contributed by atoms with E-state index in [4.69, 9.17) is 0 Å². The van der Waals surface area contributed by atoms with E-state index in [9.17, 15) is 9.59 Å². The third-order valence-electron chi connectivity index (χ3n) is 3.43. The van der Waals surface area contributed by atoms with E-state index in [1.807, 2.05) is 0 Å². The van der Waals surface area contributed by atoms with E-state index < -0.39 is 0 Å². The quantitative estimate of drug-likeness (QED) is 0.653. The number of aryl methyl sites for hydroxylation is 2. The van der Waals surface area contributed by atoms with Crippen molar-refractivity contribution in [1.82, 2.24) is 14.9 Å². The van der Waals surface area contributed by atoms with Gasteiger partial charge in [0, 0.05) is 24.7 Å². The number of amides is 1. The summed E-state index contributed by atoms with van der Waals surface area (Å²) < 4.78 is 0. The number of nitrogens with one attached hydrogen (secondary N) is 1. The van der Waals surface area contributed by atoms with Gasteiger partial charge in [-0.25, -0.2) is 4.98 Å². The SMILES string of the molecule is Cc1ccc(SCCCN(C)C(=O)c2cnc(C)[nH]c2=O)cc1. The largest absolute Gasteiger partial charge is 0.341 e. The third kappa shape index (κ3) is 4.96. The molecule has 0 unspecified atom stereocenters. The van der Waals surface area contributed by atoms with Crippen LogP contribution in [0.4, 0.5) is 0 Å².